The first-order chi connectivity index (χ1) is 5.93. The molecule has 2 atom stereocenters. The topological polar surface area (TPSA) is 49.4 Å². The van der Waals surface area contributed by atoms with E-state index in [1.54, 1.807) is 0 Å². The van der Waals surface area contributed by atoms with Crippen LogP contribution in [0.5, 0.6) is 0 Å². The Labute approximate surface area is 88.0 Å². The van der Waals surface area contributed by atoms with Crippen LogP contribution in [0.2, 0.25) is 0 Å². The standard InChI is InChI=1S/C7H15BrN2O2S/c1-10(2)13(11,12)9-7-5-3-4-6(7)8/h6-7,9H,3-5H2,1-2H3. The highest BCUT2D eigenvalue weighted by molar-refractivity contribution is 9.09. The van der Waals surface area contributed by atoms with E-state index in [9.17, 15) is 8.42 Å². The van der Waals surface area contributed by atoms with E-state index in [0.717, 1.165) is 19.3 Å². The van der Waals surface area contributed by atoms with Crippen LogP contribution in [-0.4, -0.2) is 37.7 Å². The van der Waals surface area contributed by atoms with Crippen molar-refractivity contribution in [2.75, 3.05) is 14.1 Å². The maximum atomic E-state index is 11.4. The van der Waals surface area contributed by atoms with E-state index in [-0.39, 0.29) is 10.9 Å². The molecule has 1 fully saturated rings. The summed E-state index contributed by atoms with van der Waals surface area (Å²) in [6, 6.07) is 0.0485. The fourth-order valence-electron chi connectivity index (χ4n) is 1.34. The number of halogens is 1. The van der Waals surface area contributed by atoms with Crippen molar-refractivity contribution in [3.8, 4) is 0 Å². The Morgan fingerprint density at radius 2 is 2.00 bits per heavy atom. The van der Waals surface area contributed by atoms with Gasteiger partial charge >= 0.3 is 0 Å². The van der Waals surface area contributed by atoms with E-state index in [4.69, 9.17) is 0 Å². The Kier molecular flexibility index (Phi) is 3.73. The van der Waals surface area contributed by atoms with Crippen molar-refractivity contribution in [2.24, 2.45) is 0 Å². The monoisotopic (exact) mass is 270 g/mol. The van der Waals surface area contributed by atoms with Crippen molar-refractivity contribution >= 4 is 26.1 Å². The lowest BCUT2D eigenvalue weighted by atomic mass is 10.3. The summed E-state index contributed by atoms with van der Waals surface area (Å²) in [5.74, 6) is 0. The molecule has 1 rings (SSSR count). The van der Waals surface area contributed by atoms with Gasteiger partial charge in [0.2, 0.25) is 0 Å². The molecule has 0 radical (unpaired) electrons. The summed E-state index contributed by atoms with van der Waals surface area (Å²) in [5.41, 5.74) is 0. The van der Waals surface area contributed by atoms with Crippen LogP contribution in [-0.2, 0) is 10.2 Å². The molecule has 0 amide bonds. The highest BCUT2D eigenvalue weighted by Gasteiger charge is 2.29. The quantitative estimate of drug-likeness (QED) is 0.768. The van der Waals surface area contributed by atoms with Crippen molar-refractivity contribution < 1.29 is 8.42 Å². The van der Waals surface area contributed by atoms with Crippen molar-refractivity contribution in [2.45, 2.75) is 30.1 Å². The van der Waals surface area contributed by atoms with E-state index in [0.29, 0.717) is 0 Å². The molecule has 0 aromatic carbocycles. The molecule has 13 heavy (non-hydrogen) atoms. The van der Waals surface area contributed by atoms with E-state index >= 15 is 0 Å². The van der Waals surface area contributed by atoms with Crippen LogP contribution >= 0.6 is 15.9 Å². The highest BCUT2D eigenvalue weighted by Crippen LogP contribution is 2.26. The van der Waals surface area contributed by atoms with Gasteiger partial charge in [0.05, 0.1) is 0 Å². The van der Waals surface area contributed by atoms with Gasteiger partial charge in [-0.2, -0.15) is 17.4 Å². The molecule has 0 heterocycles. The lowest BCUT2D eigenvalue weighted by molar-refractivity contribution is 0.489. The van der Waals surface area contributed by atoms with Gasteiger partial charge in [0.1, 0.15) is 0 Å². The van der Waals surface area contributed by atoms with Gasteiger partial charge in [-0.05, 0) is 12.8 Å². The second-order valence-corrected chi connectivity index (χ2v) is 6.55. The third kappa shape index (κ3) is 2.90. The third-order valence-electron chi connectivity index (χ3n) is 2.21. The first-order valence-corrected chi connectivity index (χ1v) is 6.63. The Morgan fingerprint density at radius 3 is 2.38 bits per heavy atom. The minimum absolute atomic E-state index is 0.0485. The largest absolute Gasteiger partial charge is 0.279 e. The number of hydrogen-bond acceptors (Lipinski definition) is 2. The average Bonchev–Trinajstić information content (AvgIpc) is 2.35. The Morgan fingerprint density at radius 1 is 1.38 bits per heavy atom. The van der Waals surface area contributed by atoms with Crippen LogP contribution < -0.4 is 4.72 Å². The van der Waals surface area contributed by atoms with E-state index < -0.39 is 10.2 Å². The van der Waals surface area contributed by atoms with Crippen LogP contribution in [0.4, 0.5) is 0 Å². The van der Waals surface area contributed by atoms with Gasteiger partial charge in [-0.15, -0.1) is 0 Å². The second-order valence-electron chi connectivity index (χ2n) is 3.46. The maximum Gasteiger partial charge on any atom is 0.279 e. The van der Waals surface area contributed by atoms with Gasteiger partial charge in [0.25, 0.3) is 10.2 Å². The predicted octanol–water partition coefficient (Wildman–Crippen LogP) is 0.698. The molecule has 0 aromatic heterocycles. The van der Waals surface area contributed by atoms with Crippen LogP contribution in [0, 0.1) is 0 Å². The van der Waals surface area contributed by atoms with Crippen molar-refractivity contribution in [1.82, 2.24) is 9.03 Å². The van der Waals surface area contributed by atoms with Crippen LogP contribution in [0.3, 0.4) is 0 Å². The lowest BCUT2D eigenvalue weighted by Gasteiger charge is -2.19. The zero-order valence-corrected chi connectivity index (χ0v) is 10.2. The third-order valence-corrected chi connectivity index (χ3v) is 4.87. The van der Waals surface area contributed by atoms with Gasteiger partial charge < -0.3 is 0 Å². The van der Waals surface area contributed by atoms with Crippen molar-refractivity contribution in [3.63, 3.8) is 0 Å². The average molecular weight is 271 g/mol. The second kappa shape index (κ2) is 4.25. The molecule has 0 bridgehead atoms. The Hall–Kier alpha value is 0.350. The van der Waals surface area contributed by atoms with Gasteiger partial charge in [-0.1, -0.05) is 22.4 Å². The molecule has 2 unspecified atom stereocenters. The predicted molar refractivity (Wildman–Crippen MR) is 56.1 cm³/mol. The summed E-state index contributed by atoms with van der Waals surface area (Å²) < 4.78 is 26.7. The summed E-state index contributed by atoms with van der Waals surface area (Å²) in [6.45, 7) is 0. The molecule has 0 spiro atoms. The van der Waals surface area contributed by atoms with Crippen molar-refractivity contribution in [1.29, 1.82) is 0 Å². The molecule has 0 saturated heterocycles. The normalized spacial score (nSPS) is 29.8. The minimum Gasteiger partial charge on any atom is -0.198 e. The maximum absolute atomic E-state index is 11.4. The summed E-state index contributed by atoms with van der Waals surface area (Å²) in [7, 11) is -0.205. The zero-order chi connectivity index (χ0) is 10.1. The van der Waals surface area contributed by atoms with Crippen LogP contribution in [0.25, 0.3) is 0 Å². The lowest BCUT2D eigenvalue weighted by Crippen LogP contribution is -2.43. The van der Waals surface area contributed by atoms with Gasteiger partial charge in [0.15, 0.2) is 0 Å². The smallest absolute Gasteiger partial charge is 0.198 e. The summed E-state index contributed by atoms with van der Waals surface area (Å²) in [6.07, 6.45) is 3.04. The van der Waals surface area contributed by atoms with Crippen LogP contribution in [0.15, 0.2) is 0 Å². The summed E-state index contributed by atoms with van der Waals surface area (Å²) in [5, 5.41) is 0. The highest BCUT2D eigenvalue weighted by atomic mass is 79.9. The Bertz CT molecular complexity index is 266. The molecule has 4 nitrogen and oxygen atoms in total. The molecule has 0 aromatic rings. The van der Waals surface area contributed by atoms with E-state index in [1.807, 2.05) is 0 Å². The number of nitrogens with zero attached hydrogens (tertiary/aromatic N) is 1. The summed E-state index contributed by atoms with van der Waals surface area (Å²) >= 11 is 3.46. The first kappa shape index (κ1) is 11.4. The SMILES string of the molecule is CN(C)S(=O)(=O)NC1CCCC1Br. The molecular weight excluding hydrogens is 256 g/mol. The van der Waals surface area contributed by atoms with E-state index in [2.05, 4.69) is 20.7 Å². The molecule has 1 N–H and O–H groups in total. The number of hydrogen-bond donors (Lipinski definition) is 1. The van der Waals surface area contributed by atoms with Gasteiger partial charge in [-0.25, -0.2) is 0 Å². The van der Waals surface area contributed by atoms with E-state index in [1.165, 1.54) is 18.4 Å². The Balaban J connectivity index is 2.58. The summed E-state index contributed by atoms with van der Waals surface area (Å²) in [4.78, 5) is 0.280. The molecule has 0 aliphatic heterocycles. The minimum atomic E-state index is -3.26. The van der Waals surface area contributed by atoms with Gasteiger partial charge in [-0.3, -0.25) is 0 Å². The fourth-order valence-corrected chi connectivity index (χ4v) is 3.11. The van der Waals surface area contributed by atoms with Gasteiger partial charge in [0, 0.05) is 25.0 Å². The van der Waals surface area contributed by atoms with Crippen LogP contribution in [0.1, 0.15) is 19.3 Å². The fraction of sp³-hybridized carbons (Fsp3) is 1.00. The molecule has 1 aliphatic rings. The molecule has 6 heteroatoms. The zero-order valence-electron chi connectivity index (χ0n) is 7.83. The number of nitrogens with one attached hydrogen (secondary N) is 1. The molecule has 78 valence electrons. The molecular formula is C7H15BrN2O2S. The molecule has 1 saturated carbocycles. The number of rotatable bonds is 3. The van der Waals surface area contributed by atoms with Crippen molar-refractivity contribution in [3.05, 3.63) is 0 Å². The molecule has 1 aliphatic carbocycles. The first-order valence-electron chi connectivity index (χ1n) is 4.27. The number of alkyl halides is 1.